The molecule has 0 heterocycles. The SMILES string of the molecule is C[C@@H]1CCC[C@@H](C(=O)NCc2cccc(OCC(=O)NC3CC3)c2)C1. The Morgan fingerprint density at radius 2 is 2.04 bits per heavy atom. The van der Waals surface area contributed by atoms with Crippen molar-refractivity contribution in [3.63, 3.8) is 0 Å². The molecule has 5 heteroatoms. The van der Waals surface area contributed by atoms with Crippen LogP contribution in [0.15, 0.2) is 24.3 Å². The molecule has 2 saturated carbocycles. The van der Waals surface area contributed by atoms with Crippen LogP contribution in [-0.4, -0.2) is 24.5 Å². The molecule has 3 rings (SSSR count). The fraction of sp³-hybridized carbons (Fsp3) is 0.600. The maximum Gasteiger partial charge on any atom is 0.258 e. The van der Waals surface area contributed by atoms with Crippen LogP contribution in [0.2, 0.25) is 0 Å². The van der Waals surface area contributed by atoms with Gasteiger partial charge in [-0.1, -0.05) is 31.9 Å². The molecule has 0 unspecified atom stereocenters. The lowest BCUT2D eigenvalue weighted by Crippen LogP contribution is -2.33. The van der Waals surface area contributed by atoms with E-state index >= 15 is 0 Å². The van der Waals surface area contributed by atoms with Gasteiger partial charge in [-0.2, -0.15) is 0 Å². The van der Waals surface area contributed by atoms with Crippen molar-refractivity contribution >= 4 is 11.8 Å². The molecular weight excluding hydrogens is 316 g/mol. The van der Waals surface area contributed by atoms with Crippen molar-refractivity contribution in [3.8, 4) is 5.75 Å². The van der Waals surface area contributed by atoms with Gasteiger partial charge < -0.3 is 15.4 Å². The summed E-state index contributed by atoms with van der Waals surface area (Å²) in [6.45, 7) is 2.75. The van der Waals surface area contributed by atoms with Crippen LogP contribution in [0.4, 0.5) is 0 Å². The number of hydrogen-bond donors (Lipinski definition) is 2. The quantitative estimate of drug-likeness (QED) is 0.799. The van der Waals surface area contributed by atoms with Gasteiger partial charge in [-0.3, -0.25) is 9.59 Å². The second-order valence-electron chi connectivity index (χ2n) is 7.46. The molecule has 136 valence electrons. The average Bonchev–Trinajstić information content (AvgIpc) is 3.42. The molecule has 2 aliphatic carbocycles. The third-order valence-corrected chi connectivity index (χ3v) is 4.98. The minimum absolute atomic E-state index is 0.0340. The minimum atomic E-state index is -0.0763. The first-order valence-electron chi connectivity index (χ1n) is 9.39. The third kappa shape index (κ3) is 5.76. The van der Waals surface area contributed by atoms with E-state index in [1.54, 1.807) is 0 Å². The number of benzene rings is 1. The summed E-state index contributed by atoms with van der Waals surface area (Å²) in [4.78, 5) is 24.0. The van der Waals surface area contributed by atoms with E-state index in [1.165, 1.54) is 6.42 Å². The lowest BCUT2D eigenvalue weighted by atomic mass is 9.82. The first-order valence-corrected chi connectivity index (χ1v) is 9.39. The Balaban J connectivity index is 1.44. The van der Waals surface area contributed by atoms with Gasteiger partial charge >= 0.3 is 0 Å². The zero-order chi connectivity index (χ0) is 17.6. The molecule has 0 saturated heterocycles. The number of rotatable bonds is 7. The Bertz CT molecular complexity index is 613. The van der Waals surface area contributed by atoms with Crippen molar-refractivity contribution < 1.29 is 14.3 Å². The first-order chi connectivity index (χ1) is 12.1. The van der Waals surface area contributed by atoms with Crippen molar-refractivity contribution in [2.45, 2.75) is 58.0 Å². The molecule has 2 amide bonds. The summed E-state index contributed by atoms with van der Waals surface area (Å²) in [5.41, 5.74) is 0.984. The molecule has 25 heavy (non-hydrogen) atoms. The summed E-state index contributed by atoms with van der Waals surface area (Å²) in [6, 6.07) is 7.91. The third-order valence-electron chi connectivity index (χ3n) is 4.98. The molecule has 5 nitrogen and oxygen atoms in total. The molecule has 0 radical (unpaired) electrons. The van der Waals surface area contributed by atoms with Crippen molar-refractivity contribution in [1.29, 1.82) is 0 Å². The van der Waals surface area contributed by atoms with E-state index in [4.69, 9.17) is 4.74 Å². The van der Waals surface area contributed by atoms with E-state index < -0.39 is 0 Å². The summed E-state index contributed by atoms with van der Waals surface area (Å²) in [5, 5.41) is 5.94. The van der Waals surface area contributed by atoms with Crippen LogP contribution in [0.5, 0.6) is 5.75 Å². The maximum absolute atomic E-state index is 12.3. The number of nitrogens with one attached hydrogen (secondary N) is 2. The predicted octanol–water partition coefficient (Wildman–Crippen LogP) is 2.79. The highest BCUT2D eigenvalue weighted by atomic mass is 16.5. The van der Waals surface area contributed by atoms with E-state index in [1.807, 2.05) is 24.3 Å². The van der Waals surface area contributed by atoms with Crippen LogP contribution in [0.1, 0.15) is 51.0 Å². The number of hydrogen-bond acceptors (Lipinski definition) is 3. The largest absolute Gasteiger partial charge is 0.484 e. The Hall–Kier alpha value is -2.04. The number of carbonyl (C=O) groups excluding carboxylic acids is 2. The van der Waals surface area contributed by atoms with Gasteiger partial charge in [0.1, 0.15) is 5.75 Å². The Morgan fingerprint density at radius 1 is 1.20 bits per heavy atom. The number of ether oxygens (including phenoxy) is 1. The van der Waals surface area contributed by atoms with Gasteiger partial charge in [0.15, 0.2) is 6.61 Å². The van der Waals surface area contributed by atoms with Crippen molar-refractivity contribution in [2.24, 2.45) is 11.8 Å². The van der Waals surface area contributed by atoms with Crippen LogP contribution in [0, 0.1) is 11.8 Å². The van der Waals surface area contributed by atoms with Crippen LogP contribution in [0.3, 0.4) is 0 Å². The standard InChI is InChI=1S/C20H28N2O3/c1-14-4-2-6-16(10-14)20(24)21-12-15-5-3-7-18(11-15)25-13-19(23)22-17-8-9-17/h3,5,7,11,14,16-17H,2,4,6,8-10,12-13H2,1H3,(H,21,24)(H,22,23)/t14-,16-/m1/s1. The van der Waals surface area contributed by atoms with E-state index in [9.17, 15) is 9.59 Å². The van der Waals surface area contributed by atoms with Gasteiger partial charge in [-0.25, -0.2) is 0 Å². The second-order valence-corrected chi connectivity index (χ2v) is 7.46. The molecule has 2 aliphatic rings. The normalized spacial score (nSPS) is 22.9. The molecule has 0 aliphatic heterocycles. The van der Waals surface area contributed by atoms with Gasteiger partial charge in [-0.15, -0.1) is 0 Å². The fourth-order valence-corrected chi connectivity index (χ4v) is 3.40. The van der Waals surface area contributed by atoms with E-state index in [-0.39, 0.29) is 24.3 Å². The topological polar surface area (TPSA) is 67.4 Å². The molecule has 0 aromatic heterocycles. The lowest BCUT2D eigenvalue weighted by molar-refractivity contribution is -0.126. The lowest BCUT2D eigenvalue weighted by Gasteiger charge is -2.25. The smallest absolute Gasteiger partial charge is 0.258 e. The number of amides is 2. The van der Waals surface area contributed by atoms with E-state index in [2.05, 4.69) is 17.6 Å². The molecular formula is C20H28N2O3. The van der Waals surface area contributed by atoms with Crippen LogP contribution < -0.4 is 15.4 Å². The minimum Gasteiger partial charge on any atom is -0.484 e. The molecule has 1 aromatic rings. The second kappa shape index (κ2) is 8.37. The van der Waals surface area contributed by atoms with E-state index in [0.717, 1.165) is 37.7 Å². The Morgan fingerprint density at radius 3 is 2.80 bits per heavy atom. The highest BCUT2D eigenvalue weighted by Crippen LogP contribution is 2.28. The molecule has 0 spiro atoms. The summed E-state index contributed by atoms with van der Waals surface area (Å²) in [7, 11) is 0. The van der Waals surface area contributed by atoms with Crippen molar-refractivity contribution in [1.82, 2.24) is 10.6 Å². The van der Waals surface area contributed by atoms with Crippen LogP contribution in [-0.2, 0) is 16.1 Å². The highest BCUT2D eigenvalue weighted by Gasteiger charge is 2.25. The van der Waals surface area contributed by atoms with Gasteiger partial charge in [0.05, 0.1) is 0 Å². The molecule has 0 bridgehead atoms. The summed E-state index contributed by atoms with van der Waals surface area (Å²) >= 11 is 0. The zero-order valence-corrected chi connectivity index (χ0v) is 14.9. The van der Waals surface area contributed by atoms with Crippen LogP contribution >= 0.6 is 0 Å². The van der Waals surface area contributed by atoms with Gasteiger partial charge in [0.2, 0.25) is 5.91 Å². The average molecular weight is 344 g/mol. The fourth-order valence-electron chi connectivity index (χ4n) is 3.40. The number of carbonyl (C=O) groups is 2. The first kappa shape index (κ1) is 17.8. The summed E-state index contributed by atoms with van der Waals surface area (Å²) in [5.74, 6) is 1.52. The van der Waals surface area contributed by atoms with E-state index in [0.29, 0.717) is 24.3 Å². The highest BCUT2D eigenvalue weighted by molar-refractivity contribution is 5.79. The zero-order valence-electron chi connectivity index (χ0n) is 14.9. The maximum atomic E-state index is 12.3. The monoisotopic (exact) mass is 344 g/mol. The predicted molar refractivity (Wildman–Crippen MR) is 96.1 cm³/mol. The van der Waals surface area contributed by atoms with Gasteiger partial charge in [0.25, 0.3) is 5.91 Å². The summed E-state index contributed by atoms with van der Waals surface area (Å²) in [6.07, 6.45) is 6.50. The summed E-state index contributed by atoms with van der Waals surface area (Å²) < 4.78 is 5.55. The van der Waals surface area contributed by atoms with Crippen molar-refractivity contribution in [3.05, 3.63) is 29.8 Å². The Kier molecular flexibility index (Phi) is 5.95. The molecule has 2 fully saturated rings. The van der Waals surface area contributed by atoms with Crippen molar-refractivity contribution in [2.75, 3.05) is 6.61 Å². The molecule has 1 aromatic carbocycles. The molecule has 2 atom stereocenters. The molecule has 2 N–H and O–H groups in total. The Labute approximate surface area is 149 Å². The van der Waals surface area contributed by atoms with Crippen LogP contribution in [0.25, 0.3) is 0 Å². The van der Waals surface area contributed by atoms with Gasteiger partial charge in [0, 0.05) is 18.5 Å². The van der Waals surface area contributed by atoms with Gasteiger partial charge in [-0.05, 0) is 49.3 Å².